The lowest BCUT2D eigenvalue weighted by molar-refractivity contribution is -0.166. The summed E-state index contributed by atoms with van der Waals surface area (Å²) < 4.78 is 10.6. The number of aliphatic imine (C=N–C) groups is 1. The van der Waals surface area contributed by atoms with Gasteiger partial charge in [-0.1, -0.05) is 30.3 Å². The highest BCUT2D eigenvalue weighted by Crippen LogP contribution is 2.22. The van der Waals surface area contributed by atoms with Gasteiger partial charge < -0.3 is 15.2 Å². The normalized spacial score (nSPS) is 20.1. The molecule has 9 nitrogen and oxygen atoms in total. The van der Waals surface area contributed by atoms with Crippen LogP contribution in [0.3, 0.4) is 0 Å². The van der Waals surface area contributed by atoms with Crippen LogP contribution in [0, 0.1) is 0 Å². The molecular weight excluding hydrogens is 364 g/mol. The van der Waals surface area contributed by atoms with Crippen LogP contribution in [0.15, 0.2) is 35.3 Å². The Morgan fingerprint density at radius 2 is 1.96 bits per heavy atom. The number of nitrogens with zero attached hydrogens (tertiary/aromatic N) is 1. The predicted molar refractivity (Wildman–Crippen MR) is 102 cm³/mol. The van der Waals surface area contributed by atoms with E-state index in [-0.39, 0.29) is 25.5 Å². The molecule has 0 aromatic heterocycles. The molecule has 0 spiro atoms. The molecule has 1 aromatic carbocycles. The van der Waals surface area contributed by atoms with Crippen molar-refractivity contribution in [2.45, 2.75) is 51.4 Å². The monoisotopic (exact) mass is 390 g/mol. The summed E-state index contributed by atoms with van der Waals surface area (Å²) in [6, 6.07) is 9.03. The Balaban J connectivity index is 2.22. The van der Waals surface area contributed by atoms with E-state index in [0.717, 1.165) is 5.56 Å². The third-order valence-electron chi connectivity index (χ3n) is 3.90. The van der Waals surface area contributed by atoms with Crippen LogP contribution >= 0.6 is 0 Å². The van der Waals surface area contributed by atoms with E-state index in [9.17, 15) is 14.4 Å². The van der Waals surface area contributed by atoms with Gasteiger partial charge in [-0.2, -0.15) is 0 Å². The van der Waals surface area contributed by atoms with E-state index in [1.54, 1.807) is 32.9 Å². The summed E-state index contributed by atoms with van der Waals surface area (Å²) in [5, 5.41) is 4.74. The second-order valence-corrected chi connectivity index (χ2v) is 7.42. The molecule has 0 fully saturated rings. The maximum absolute atomic E-state index is 12.9. The number of carbonyl (C=O) groups excluding carboxylic acids is 3. The Morgan fingerprint density at radius 3 is 2.61 bits per heavy atom. The fourth-order valence-electron chi connectivity index (χ4n) is 2.58. The lowest BCUT2D eigenvalue weighted by Crippen LogP contribution is -2.66. The average Bonchev–Trinajstić information content (AvgIpc) is 2.60. The Morgan fingerprint density at radius 1 is 1.29 bits per heavy atom. The minimum Gasteiger partial charge on any atom is -0.458 e. The molecule has 1 atom stereocenters. The first-order valence-corrected chi connectivity index (χ1v) is 8.96. The summed E-state index contributed by atoms with van der Waals surface area (Å²) in [5.74, 6) is -1.83. The van der Waals surface area contributed by atoms with Gasteiger partial charge in [-0.05, 0) is 39.2 Å². The average molecular weight is 390 g/mol. The number of nitrogens with two attached hydrogens (primary N) is 1. The molecule has 0 aliphatic carbocycles. The maximum atomic E-state index is 12.9. The molecule has 1 aromatic rings. The van der Waals surface area contributed by atoms with Gasteiger partial charge in [0.05, 0.1) is 0 Å². The van der Waals surface area contributed by atoms with Crippen molar-refractivity contribution in [2.75, 3.05) is 6.54 Å². The highest BCUT2D eigenvalue weighted by atomic mass is 16.6. The Bertz CT molecular complexity index is 757. The van der Waals surface area contributed by atoms with E-state index < -0.39 is 29.1 Å². The minimum absolute atomic E-state index is 0.00896. The van der Waals surface area contributed by atoms with Gasteiger partial charge in [0.2, 0.25) is 5.54 Å². The van der Waals surface area contributed by atoms with Gasteiger partial charge in [0, 0.05) is 6.54 Å². The first kappa shape index (κ1) is 21.2. The first-order chi connectivity index (χ1) is 13.1. The van der Waals surface area contributed by atoms with E-state index >= 15 is 0 Å². The van der Waals surface area contributed by atoms with Gasteiger partial charge in [0.15, 0.2) is 5.96 Å². The molecule has 28 heavy (non-hydrogen) atoms. The number of rotatable bonds is 4. The summed E-state index contributed by atoms with van der Waals surface area (Å²) in [7, 11) is 0. The van der Waals surface area contributed by atoms with Crippen LogP contribution in [0.25, 0.3) is 0 Å². The standard InChI is InChI=1S/C19H26N4O5/c1-18(2,3)28-15(25)19(10-7-11-21-16(20)22-14(19)24)23-17(26)27-12-13-8-5-4-6-9-13/h4-6,8-9H,7,10-12H2,1-3H3,(H,23,26)(H3,20,21,22,24)/t19-/m0/s1. The molecule has 1 heterocycles. The van der Waals surface area contributed by atoms with Crippen LogP contribution in [0.5, 0.6) is 0 Å². The largest absolute Gasteiger partial charge is 0.458 e. The lowest BCUT2D eigenvalue weighted by atomic mass is 9.91. The zero-order valence-corrected chi connectivity index (χ0v) is 16.3. The SMILES string of the molecule is CC(C)(C)OC(=O)[C@]1(NC(=O)OCc2ccccc2)CCCN=C(N)NC1=O. The molecule has 9 heteroatoms. The fourth-order valence-corrected chi connectivity index (χ4v) is 2.58. The van der Waals surface area contributed by atoms with Crippen molar-refractivity contribution in [3.63, 3.8) is 0 Å². The van der Waals surface area contributed by atoms with Gasteiger partial charge in [-0.3, -0.25) is 20.4 Å². The Kier molecular flexibility index (Phi) is 6.61. The topological polar surface area (TPSA) is 132 Å². The molecule has 2 rings (SSSR count). The fraction of sp³-hybridized carbons (Fsp3) is 0.474. The molecule has 152 valence electrons. The molecule has 2 amide bonds. The van der Waals surface area contributed by atoms with Crippen molar-refractivity contribution < 1.29 is 23.9 Å². The number of amides is 2. The van der Waals surface area contributed by atoms with Crippen LogP contribution < -0.4 is 16.4 Å². The number of guanidine groups is 1. The molecule has 4 N–H and O–H groups in total. The van der Waals surface area contributed by atoms with Gasteiger partial charge in [0.25, 0.3) is 5.91 Å². The summed E-state index contributed by atoms with van der Waals surface area (Å²) in [6.45, 7) is 5.29. The van der Waals surface area contributed by atoms with E-state index in [0.29, 0.717) is 6.42 Å². The smallest absolute Gasteiger partial charge is 0.408 e. The second-order valence-electron chi connectivity index (χ2n) is 7.42. The molecular formula is C19H26N4O5. The van der Waals surface area contributed by atoms with Gasteiger partial charge in [-0.25, -0.2) is 9.59 Å². The Hall–Kier alpha value is -3.10. The highest BCUT2D eigenvalue weighted by molar-refractivity contribution is 6.14. The zero-order chi connectivity index (χ0) is 20.8. The van der Waals surface area contributed by atoms with Crippen molar-refractivity contribution in [3.05, 3.63) is 35.9 Å². The molecule has 0 bridgehead atoms. The second kappa shape index (κ2) is 8.73. The molecule has 0 saturated carbocycles. The van der Waals surface area contributed by atoms with E-state index in [1.807, 2.05) is 18.2 Å². The van der Waals surface area contributed by atoms with Crippen molar-refractivity contribution in [1.29, 1.82) is 0 Å². The molecule has 0 saturated heterocycles. The summed E-state index contributed by atoms with van der Waals surface area (Å²) in [4.78, 5) is 42.0. The van der Waals surface area contributed by atoms with E-state index in [1.165, 1.54) is 0 Å². The van der Waals surface area contributed by atoms with Crippen LogP contribution in [-0.2, 0) is 25.7 Å². The number of benzene rings is 1. The van der Waals surface area contributed by atoms with E-state index in [4.69, 9.17) is 15.2 Å². The van der Waals surface area contributed by atoms with Crippen LogP contribution in [0.1, 0.15) is 39.2 Å². The number of nitrogens with one attached hydrogen (secondary N) is 2. The third-order valence-corrected chi connectivity index (χ3v) is 3.90. The van der Waals surface area contributed by atoms with Crippen molar-refractivity contribution in [3.8, 4) is 0 Å². The molecule has 1 aliphatic heterocycles. The summed E-state index contributed by atoms with van der Waals surface area (Å²) in [6.07, 6.45) is -0.585. The van der Waals surface area contributed by atoms with E-state index in [2.05, 4.69) is 15.6 Å². The molecule has 1 aliphatic rings. The summed E-state index contributed by atoms with van der Waals surface area (Å²) in [5.41, 5.74) is 3.57. The first-order valence-electron chi connectivity index (χ1n) is 8.96. The quantitative estimate of drug-likeness (QED) is 0.523. The summed E-state index contributed by atoms with van der Waals surface area (Å²) >= 11 is 0. The predicted octanol–water partition coefficient (Wildman–Crippen LogP) is 1.22. The molecule has 0 unspecified atom stereocenters. The third kappa shape index (κ3) is 5.70. The van der Waals surface area contributed by atoms with Gasteiger partial charge >= 0.3 is 12.1 Å². The number of carbonyl (C=O) groups is 3. The van der Waals surface area contributed by atoms with Gasteiger partial charge in [-0.15, -0.1) is 0 Å². The minimum atomic E-state index is -1.97. The molecule has 0 radical (unpaired) electrons. The number of esters is 1. The zero-order valence-electron chi connectivity index (χ0n) is 16.3. The van der Waals surface area contributed by atoms with Crippen molar-refractivity contribution >= 4 is 23.9 Å². The van der Waals surface area contributed by atoms with Gasteiger partial charge in [0.1, 0.15) is 12.2 Å². The number of hydrogen-bond acceptors (Lipinski definition) is 7. The maximum Gasteiger partial charge on any atom is 0.408 e. The number of hydrogen-bond donors (Lipinski definition) is 3. The lowest BCUT2D eigenvalue weighted by Gasteiger charge is -2.34. The highest BCUT2D eigenvalue weighted by Gasteiger charge is 2.50. The van der Waals surface area contributed by atoms with Crippen LogP contribution in [0.4, 0.5) is 4.79 Å². The van der Waals surface area contributed by atoms with Crippen molar-refractivity contribution in [1.82, 2.24) is 10.6 Å². The van der Waals surface area contributed by atoms with Crippen molar-refractivity contribution in [2.24, 2.45) is 10.7 Å². The Labute approximate surface area is 163 Å². The van der Waals surface area contributed by atoms with Crippen LogP contribution in [0.2, 0.25) is 0 Å². The number of ether oxygens (including phenoxy) is 2. The number of alkyl carbamates (subject to hydrolysis) is 1. The van der Waals surface area contributed by atoms with Crippen LogP contribution in [-0.4, -0.2) is 41.6 Å².